The summed E-state index contributed by atoms with van der Waals surface area (Å²) in [6.45, 7) is 2.58. The van der Waals surface area contributed by atoms with Gasteiger partial charge in [-0.3, -0.25) is 4.68 Å². The van der Waals surface area contributed by atoms with E-state index in [-0.39, 0.29) is 6.42 Å². The van der Waals surface area contributed by atoms with E-state index in [2.05, 4.69) is 30.2 Å². The predicted molar refractivity (Wildman–Crippen MR) is 69.3 cm³/mol. The van der Waals surface area contributed by atoms with Crippen molar-refractivity contribution in [2.45, 2.75) is 38.2 Å². The minimum absolute atomic E-state index is 0.00764. The second-order valence-corrected chi connectivity index (χ2v) is 6.13. The summed E-state index contributed by atoms with van der Waals surface area (Å²) in [5.41, 5.74) is 2.32. The third-order valence-corrected chi connectivity index (χ3v) is 4.56. The van der Waals surface area contributed by atoms with Crippen LogP contribution in [0.15, 0.2) is 24.4 Å². The first kappa shape index (κ1) is 11.4. The summed E-state index contributed by atoms with van der Waals surface area (Å²) in [7, 11) is 0. The second kappa shape index (κ2) is 3.56. The van der Waals surface area contributed by atoms with Crippen molar-refractivity contribution in [1.82, 2.24) is 9.78 Å². The minimum atomic E-state index is -2.47. The first-order valence-corrected chi connectivity index (χ1v) is 6.88. The molecular formula is C15H16F2N2. The van der Waals surface area contributed by atoms with Crippen LogP contribution >= 0.6 is 0 Å². The summed E-state index contributed by atoms with van der Waals surface area (Å²) in [5, 5.41) is 5.31. The van der Waals surface area contributed by atoms with E-state index in [0.29, 0.717) is 12.5 Å². The van der Waals surface area contributed by atoms with Crippen LogP contribution in [0, 0.1) is 11.8 Å². The third kappa shape index (κ3) is 1.85. The van der Waals surface area contributed by atoms with E-state index in [4.69, 9.17) is 0 Å². The number of alkyl halides is 2. The molecule has 2 nitrogen and oxygen atoms in total. The lowest BCUT2D eigenvalue weighted by Gasteiger charge is -2.04. The zero-order chi connectivity index (χ0) is 13.2. The van der Waals surface area contributed by atoms with E-state index in [1.54, 1.807) is 10.9 Å². The van der Waals surface area contributed by atoms with E-state index < -0.39 is 11.8 Å². The van der Waals surface area contributed by atoms with Gasteiger partial charge in [0, 0.05) is 17.7 Å². The lowest BCUT2D eigenvalue weighted by Crippen LogP contribution is -2.06. The van der Waals surface area contributed by atoms with Crippen LogP contribution in [0.3, 0.4) is 0 Å². The Morgan fingerprint density at radius 1 is 1.42 bits per heavy atom. The largest absolute Gasteiger partial charge is 0.264 e. The zero-order valence-electron chi connectivity index (χ0n) is 10.8. The molecule has 1 heterocycles. The standard InChI is InChI=1S/C15H16F2N2/c1-9-4-13(9)10-2-3-11-7-18-19(14(11)5-10)8-12-6-15(12,16)17/h2-3,5,7,9,12-13H,4,6,8H2,1H3/t9-,12?,13-/m0/s1. The summed E-state index contributed by atoms with van der Waals surface area (Å²) in [6.07, 6.45) is 3.02. The number of nitrogens with zero attached hydrogens (tertiary/aromatic N) is 2. The molecule has 0 aliphatic heterocycles. The van der Waals surface area contributed by atoms with Crippen molar-refractivity contribution in [2.75, 3.05) is 0 Å². The maximum Gasteiger partial charge on any atom is 0.253 e. The Bertz CT molecular complexity index is 647. The van der Waals surface area contributed by atoms with E-state index in [0.717, 1.165) is 16.8 Å². The minimum Gasteiger partial charge on any atom is -0.264 e. The van der Waals surface area contributed by atoms with E-state index in [9.17, 15) is 8.78 Å². The maximum atomic E-state index is 13.0. The number of hydrogen-bond acceptors (Lipinski definition) is 1. The summed E-state index contributed by atoms with van der Waals surface area (Å²) in [6, 6.07) is 6.34. The average molecular weight is 262 g/mol. The van der Waals surface area contributed by atoms with Crippen LogP contribution < -0.4 is 0 Å². The third-order valence-electron chi connectivity index (χ3n) is 4.56. The number of benzene rings is 1. The molecule has 4 heteroatoms. The number of fused-ring (bicyclic) bond motifs is 1. The van der Waals surface area contributed by atoms with E-state index in [1.807, 2.05) is 0 Å². The van der Waals surface area contributed by atoms with Gasteiger partial charge in [0.1, 0.15) is 0 Å². The van der Waals surface area contributed by atoms with Crippen molar-refractivity contribution in [3.63, 3.8) is 0 Å². The monoisotopic (exact) mass is 262 g/mol. The van der Waals surface area contributed by atoms with Crippen LogP contribution in [-0.4, -0.2) is 15.7 Å². The Balaban J connectivity index is 1.67. The molecule has 0 saturated heterocycles. The van der Waals surface area contributed by atoms with Crippen LogP contribution in [0.1, 0.15) is 31.2 Å². The summed E-state index contributed by atoms with van der Waals surface area (Å²) in [4.78, 5) is 0. The van der Waals surface area contributed by atoms with Gasteiger partial charge in [-0.05, 0) is 29.9 Å². The Morgan fingerprint density at radius 2 is 2.16 bits per heavy atom. The second-order valence-electron chi connectivity index (χ2n) is 6.13. The van der Waals surface area contributed by atoms with Gasteiger partial charge in [0.25, 0.3) is 5.92 Å². The highest BCUT2D eigenvalue weighted by Crippen LogP contribution is 2.50. The molecule has 2 fully saturated rings. The van der Waals surface area contributed by atoms with Gasteiger partial charge in [0.15, 0.2) is 0 Å². The van der Waals surface area contributed by atoms with Crippen LogP contribution in [0.25, 0.3) is 10.9 Å². The van der Waals surface area contributed by atoms with Crippen LogP contribution in [0.4, 0.5) is 8.78 Å². The van der Waals surface area contributed by atoms with Crippen molar-refractivity contribution in [2.24, 2.45) is 11.8 Å². The van der Waals surface area contributed by atoms with Crippen molar-refractivity contribution >= 4 is 10.9 Å². The summed E-state index contributed by atoms with van der Waals surface area (Å²) >= 11 is 0. The molecule has 1 aromatic heterocycles. The highest BCUT2D eigenvalue weighted by molar-refractivity contribution is 5.79. The van der Waals surface area contributed by atoms with Gasteiger partial charge in [-0.1, -0.05) is 19.1 Å². The summed E-state index contributed by atoms with van der Waals surface area (Å²) in [5.74, 6) is -1.60. The number of hydrogen-bond donors (Lipinski definition) is 0. The number of halogens is 2. The lowest BCUT2D eigenvalue weighted by atomic mass is 10.1. The van der Waals surface area contributed by atoms with Gasteiger partial charge in [-0.25, -0.2) is 8.78 Å². The Kier molecular flexibility index (Phi) is 2.13. The van der Waals surface area contributed by atoms with Gasteiger partial charge >= 0.3 is 0 Å². The van der Waals surface area contributed by atoms with Crippen molar-refractivity contribution in [3.8, 4) is 0 Å². The van der Waals surface area contributed by atoms with E-state index >= 15 is 0 Å². The molecule has 0 N–H and O–H groups in total. The first-order valence-electron chi connectivity index (χ1n) is 6.88. The molecule has 0 bridgehead atoms. The fraction of sp³-hybridized carbons (Fsp3) is 0.533. The molecule has 2 aliphatic rings. The number of aromatic nitrogens is 2. The van der Waals surface area contributed by atoms with Gasteiger partial charge in [0.2, 0.25) is 0 Å². The molecule has 100 valence electrons. The van der Waals surface area contributed by atoms with Gasteiger partial charge < -0.3 is 0 Å². The van der Waals surface area contributed by atoms with Crippen molar-refractivity contribution in [3.05, 3.63) is 30.0 Å². The van der Waals surface area contributed by atoms with Gasteiger partial charge in [-0.15, -0.1) is 0 Å². The van der Waals surface area contributed by atoms with Crippen molar-refractivity contribution in [1.29, 1.82) is 0 Å². The predicted octanol–water partition coefficient (Wildman–Crippen LogP) is 3.81. The Morgan fingerprint density at radius 3 is 2.79 bits per heavy atom. The average Bonchev–Trinajstić information content (AvgIpc) is 3.17. The quantitative estimate of drug-likeness (QED) is 0.822. The highest BCUT2D eigenvalue weighted by Gasteiger charge is 2.56. The number of rotatable bonds is 3. The molecule has 0 amide bonds. The highest BCUT2D eigenvalue weighted by atomic mass is 19.3. The lowest BCUT2D eigenvalue weighted by molar-refractivity contribution is 0.0945. The molecule has 0 spiro atoms. The topological polar surface area (TPSA) is 17.8 Å². The maximum absolute atomic E-state index is 13.0. The fourth-order valence-electron chi connectivity index (χ4n) is 2.93. The molecule has 1 aromatic carbocycles. The molecule has 2 aromatic rings. The smallest absolute Gasteiger partial charge is 0.253 e. The molecule has 19 heavy (non-hydrogen) atoms. The normalized spacial score (nSPS) is 31.6. The Hall–Kier alpha value is -1.45. The van der Waals surface area contributed by atoms with Crippen LogP contribution in [0.2, 0.25) is 0 Å². The molecule has 4 rings (SSSR count). The van der Waals surface area contributed by atoms with Crippen LogP contribution in [0.5, 0.6) is 0 Å². The van der Waals surface area contributed by atoms with Gasteiger partial charge in [0.05, 0.1) is 18.3 Å². The first-order chi connectivity index (χ1) is 9.04. The molecule has 3 atom stereocenters. The molecular weight excluding hydrogens is 246 g/mol. The molecule has 0 radical (unpaired) electrons. The fourth-order valence-corrected chi connectivity index (χ4v) is 2.93. The molecule has 2 saturated carbocycles. The van der Waals surface area contributed by atoms with Gasteiger partial charge in [-0.2, -0.15) is 5.10 Å². The zero-order valence-corrected chi connectivity index (χ0v) is 10.8. The molecule has 2 aliphatic carbocycles. The van der Waals surface area contributed by atoms with E-state index in [1.165, 1.54) is 12.0 Å². The van der Waals surface area contributed by atoms with Crippen molar-refractivity contribution < 1.29 is 8.78 Å². The Labute approximate surface area is 110 Å². The molecule has 1 unspecified atom stereocenters. The van der Waals surface area contributed by atoms with Crippen LogP contribution in [-0.2, 0) is 6.54 Å². The summed E-state index contributed by atoms with van der Waals surface area (Å²) < 4.78 is 27.8. The SMILES string of the molecule is C[C@H]1C[C@@H]1c1ccc2cnn(CC3CC3(F)F)c2c1.